The van der Waals surface area contributed by atoms with Crippen molar-refractivity contribution in [1.82, 2.24) is 14.9 Å². The number of H-pyrrole nitrogens is 1. The van der Waals surface area contributed by atoms with Crippen LogP contribution in [-0.2, 0) is 5.41 Å². The average molecular weight is 433 g/mol. The summed E-state index contributed by atoms with van der Waals surface area (Å²) in [6.45, 7) is 6.48. The van der Waals surface area contributed by atoms with Gasteiger partial charge in [0.15, 0.2) is 5.82 Å². The Morgan fingerprint density at radius 2 is 1.88 bits per heavy atom. The van der Waals surface area contributed by atoms with Crippen LogP contribution in [0.25, 0.3) is 11.4 Å². The molecule has 2 aromatic carbocycles. The van der Waals surface area contributed by atoms with Gasteiger partial charge in [0, 0.05) is 15.6 Å². The lowest BCUT2D eigenvalue weighted by atomic mass is 9.87. The van der Waals surface area contributed by atoms with E-state index in [1.807, 2.05) is 12.1 Å². The van der Waals surface area contributed by atoms with Crippen LogP contribution in [0.5, 0.6) is 0 Å². The first-order chi connectivity index (χ1) is 12.3. The molecule has 0 aliphatic rings. The lowest BCUT2D eigenvalue weighted by molar-refractivity contribution is 0.590. The largest absolute Gasteiger partial charge is 0.250 e. The van der Waals surface area contributed by atoms with Gasteiger partial charge in [-0.3, -0.25) is 0 Å². The number of hydrogen-bond acceptors (Lipinski definition) is 3. The first kappa shape index (κ1) is 18.7. The van der Waals surface area contributed by atoms with Gasteiger partial charge in [-0.1, -0.05) is 61.0 Å². The van der Waals surface area contributed by atoms with E-state index in [2.05, 4.69) is 64.1 Å². The first-order valence-corrected chi connectivity index (χ1v) is 9.23. The van der Waals surface area contributed by atoms with Crippen LogP contribution in [0, 0.1) is 10.6 Å². The Hall–Kier alpha value is -2.12. The molecule has 26 heavy (non-hydrogen) atoms. The van der Waals surface area contributed by atoms with Crippen molar-refractivity contribution in [3.8, 4) is 11.4 Å². The third kappa shape index (κ3) is 3.99. The van der Waals surface area contributed by atoms with Gasteiger partial charge >= 0.3 is 0 Å². The van der Waals surface area contributed by atoms with Gasteiger partial charge in [-0.25, -0.2) is 9.49 Å². The number of aromatic nitrogens is 3. The molecule has 1 N–H and O–H groups in total. The van der Waals surface area contributed by atoms with Crippen molar-refractivity contribution in [3.63, 3.8) is 0 Å². The summed E-state index contributed by atoms with van der Waals surface area (Å²) in [5, 5.41) is 11.3. The summed E-state index contributed by atoms with van der Waals surface area (Å²) in [7, 11) is 0. The summed E-state index contributed by atoms with van der Waals surface area (Å²) in [6, 6.07) is 12.8. The van der Waals surface area contributed by atoms with E-state index in [4.69, 9.17) is 12.2 Å². The Labute approximate surface area is 164 Å². The molecule has 7 heteroatoms. The second-order valence-electron chi connectivity index (χ2n) is 6.90. The molecule has 0 saturated heterocycles. The molecule has 0 fully saturated rings. The third-order valence-corrected chi connectivity index (χ3v) is 4.69. The highest BCUT2D eigenvalue weighted by atomic mass is 79.9. The van der Waals surface area contributed by atoms with Gasteiger partial charge in [-0.2, -0.15) is 14.9 Å². The molecule has 3 rings (SSSR count). The standard InChI is InChI=1S/C19H18BrFN4S/c1-19(2,3)14-6-4-12(5-7-14)17-23-24-18(26)25(17)22-11-13-10-15(20)8-9-16(13)21/h4-11H,1-3H3,(H,24,26)/b22-11-. The Kier molecular flexibility index (Phi) is 5.20. The van der Waals surface area contributed by atoms with Crippen molar-refractivity contribution in [3.05, 3.63) is 68.7 Å². The number of rotatable bonds is 3. The highest BCUT2D eigenvalue weighted by molar-refractivity contribution is 9.10. The molecule has 3 aromatic rings. The molecule has 0 aliphatic heterocycles. The van der Waals surface area contributed by atoms with Crippen molar-refractivity contribution < 1.29 is 4.39 Å². The molecule has 0 saturated carbocycles. The molecular weight excluding hydrogens is 415 g/mol. The monoisotopic (exact) mass is 432 g/mol. The normalized spacial score (nSPS) is 12.0. The maximum Gasteiger partial charge on any atom is 0.216 e. The van der Waals surface area contributed by atoms with Crippen molar-refractivity contribution in [2.45, 2.75) is 26.2 Å². The minimum Gasteiger partial charge on any atom is -0.250 e. The minimum absolute atomic E-state index is 0.0691. The van der Waals surface area contributed by atoms with Crippen LogP contribution < -0.4 is 0 Å². The second-order valence-corrected chi connectivity index (χ2v) is 8.20. The molecule has 0 atom stereocenters. The van der Waals surface area contributed by atoms with Crippen molar-refractivity contribution >= 4 is 34.4 Å². The third-order valence-electron chi connectivity index (χ3n) is 3.93. The number of aromatic amines is 1. The average Bonchev–Trinajstić information content (AvgIpc) is 2.96. The zero-order valence-electron chi connectivity index (χ0n) is 14.6. The zero-order valence-corrected chi connectivity index (χ0v) is 17.0. The summed E-state index contributed by atoms with van der Waals surface area (Å²) < 4.78 is 16.5. The minimum atomic E-state index is -0.358. The summed E-state index contributed by atoms with van der Waals surface area (Å²) in [5.41, 5.74) is 2.52. The van der Waals surface area contributed by atoms with Gasteiger partial charge in [-0.05, 0) is 41.4 Å². The van der Waals surface area contributed by atoms with E-state index < -0.39 is 0 Å². The van der Waals surface area contributed by atoms with E-state index in [1.165, 1.54) is 22.5 Å². The molecule has 1 heterocycles. The van der Waals surface area contributed by atoms with E-state index in [-0.39, 0.29) is 11.2 Å². The highest BCUT2D eigenvalue weighted by Crippen LogP contribution is 2.25. The predicted molar refractivity (Wildman–Crippen MR) is 109 cm³/mol. The molecule has 0 radical (unpaired) electrons. The van der Waals surface area contributed by atoms with E-state index in [0.717, 1.165) is 10.0 Å². The summed E-state index contributed by atoms with van der Waals surface area (Å²) in [4.78, 5) is 0. The van der Waals surface area contributed by atoms with Crippen molar-refractivity contribution in [2.75, 3.05) is 0 Å². The maximum absolute atomic E-state index is 13.9. The van der Waals surface area contributed by atoms with E-state index in [0.29, 0.717) is 16.2 Å². The van der Waals surface area contributed by atoms with Crippen molar-refractivity contribution in [1.29, 1.82) is 0 Å². The molecular formula is C19H18BrFN4S. The van der Waals surface area contributed by atoms with Crippen LogP contribution in [0.3, 0.4) is 0 Å². The van der Waals surface area contributed by atoms with Gasteiger partial charge in [0.2, 0.25) is 4.77 Å². The van der Waals surface area contributed by atoms with Gasteiger partial charge in [0.05, 0.1) is 6.21 Å². The fourth-order valence-corrected chi connectivity index (χ4v) is 3.00. The summed E-state index contributed by atoms with van der Waals surface area (Å²) in [5.74, 6) is 0.213. The van der Waals surface area contributed by atoms with E-state index in [9.17, 15) is 4.39 Å². The quantitative estimate of drug-likeness (QED) is 0.426. The molecule has 0 amide bonds. The van der Waals surface area contributed by atoms with Gasteiger partial charge in [0.25, 0.3) is 0 Å². The lowest BCUT2D eigenvalue weighted by Gasteiger charge is -2.18. The van der Waals surface area contributed by atoms with Crippen molar-refractivity contribution in [2.24, 2.45) is 5.10 Å². The van der Waals surface area contributed by atoms with Gasteiger partial charge in [0.1, 0.15) is 5.82 Å². The molecule has 4 nitrogen and oxygen atoms in total. The molecule has 134 valence electrons. The number of nitrogens with one attached hydrogen (secondary N) is 1. The Morgan fingerprint density at radius 3 is 2.54 bits per heavy atom. The SMILES string of the molecule is CC(C)(C)c1ccc(-c2n[nH]c(=S)n2/N=C\c2cc(Br)ccc2F)cc1. The number of halogens is 2. The van der Waals surface area contributed by atoms with Gasteiger partial charge < -0.3 is 0 Å². The van der Waals surface area contributed by atoms with E-state index >= 15 is 0 Å². The maximum atomic E-state index is 13.9. The summed E-state index contributed by atoms with van der Waals surface area (Å²) >= 11 is 8.59. The first-order valence-electron chi connectivity index (χ1n) is 8.03. The molecule has 0 bridgehead atoms. The molecule has 1 aromatic heterocycles. The lowest BCUT2D eigenvalue weighted by Crippen LogP contribution is -2.10. The molecule has 0 unspecified atom stereocenters. The van der Waals surface area contributed by atoms with Gasteiger partial charge in [-0.15, -0.1) is 0 Å². The van der Waals surface area contributed by atoms with Crippen LogP contribution in [0.15, 0.2) is 52.0 Å². The smallest absolute Gasteiger partial charge is 0.216 e. The summed E-state index contributed by atoms with van der Waals surface area (Å²) in [6.07, 6.45) is 1.43. The van der Waals surface area contributed by atoms with Crippen LogP contribution in [0.2, 0.25) is 0 Å². The topological polar surface area (TPSA) is 46.0 Å². The van der Waals surface area contributed by atoms with Crippen LogP contribution in [0.4, 0.5) is 4.39 Å². The van der Waals surface area contributed by atoms with Crippen LogP contribution in [-0.4, -0.2) is 21.1 Å². The second kappa shape index (κ2) is 7.25. The predicted octanol–water partition coefficient (Wildman–Crippen LogP) is 5.69. The van der Waals surface area contributed by atoms with E-state index in [1.54, 1.807) is 12.1 Å². The van der Waals surface area contributed by atoms with Crippen LogP contribution in [0.1, 0.15) is 31.9 Å². The van der Waals surface area contributed by atoms with Crippen LogP contribution >= 0.6 is 28.1 Å². The fourth-order valence-electron chi connectivity index (χ4n) is 2.44. The Bertz CT molecular complexity index is 1010. The highest BCUT2D eigenvalue weighted by Gasteiger charge is 2.14. The molecule has 0 spiro atoms. The Morgan fingerprint density at radius 1 is 1.19 bits per heavy atom. The number of nitrogens with zero attached hydrogens (tertiary/aromatic N) is 3. The number of hydrogen-bond donors (Lipinski definition) is 1. The zero-order chi connectivity index (χ0) is 18.9. The fraction of sp³-hybridized carbons (Fsp3) is 0.211. The number of benzene rings is 2. The molecule has 0 aliphatic carbocycles. The Balaban J connectivity index is 1.98.